The van der Waals surface area contributed by atoms with E-state index in [1.165, 1.54) is 4.31 Å². The number of carbonyl (C=O) groups is 1. The first-order valence-corrected chi connectivity index (χ1v) is 7.32. The summed E-state index contributed by atoms with van der Waals surface area (Å²) >= 11 is 0. The molecule has 0 aromatic rings. The highest BCUT2D eigenvalue weighted by atomic mass is 32.2. The standard InChI is InChI=1S/C10H20N2O4S/c1-12(9-5-3-2-4-6-9)17(15,16)11-8-7-10(13)14/h9,11H,2-8H2,1H3,(H,13,14). The Morgan fingerprint density at radius 3 is 2.47 bits per heavy atom. The average Bonchev–Trinajstić information content (AvgIpc) is 2.28. The van der Waals surface area contributed by atoms with Crippen LogP contribution in [-0.2, 0) is 15.0 Å². The van der Waals surface area contributed by atoms with Crippen molar-refractivity contribution in [3.05, 3.63) is 0 Å². The first-order chi connectivity index (χ1) is 7.93. The van der Waals surface area contributed by atoms with Crippen LogP contribution in [0.15, 0.2) is 0 Å². The molecule has 1 aliphatic carbocycles. The maximum Gasteiger partial charge on any atom is 0.304 e. The lowest BCUT2D eigenvalue weighted by Crippen LogP contribution is -2.45. The van der Waals surface area contributed by atoms with Crippen LogP contribution in [0, 0.1) is 0 Å². The molecule has 0 amide bonds. The molecule has 17 heavy (non-hydrogen) atoms. The molecular weight excluding hydrogens is 244 g/mol. The molecule has 100 valence electrons. The average molecular weight is 264 g/mol. The normalized spacial score (nSPS) is 18.5. The molecule has 1 aliphatic rings. The summed E-state index contributed by atoms with van der Waals surface area (Å²) < 4.78 is 27.3. The van der Waals surface area contributed by atoms with E-state index in [2.05, 4.69) is 4.72 Å². The Kier molecular flexibility index (Phi) is 5.35. The monoisotopic (exact) mass is 264 g/mol. The molecule has 0 radical (unpaired) electrons. The van der Waals surface area contributed by atoms with Gasteiger partial charge in [-0.05, 0) is 12.8 Å². The highest BCUT2D eigenvalue weighted by Crippen LogP contribution is 2.22. The van der Waals surface area contributed by atoms with Crippen molar-refractivity contribution in [1.82, 2.24) is 9.03 Å². The first-order valence-electron chi connectivity index (χ1n) is 5.88. The van der Waals surface area contributed by atoms with E-state index in [-0.39, 0.29) is 19.0 Å². The van der Waals surface area contributed by atoms with E-state index in [0.29, 0.717) is 0 Å². The first kappa shape index (κ1) is 14.4. The van der Waals surface area contributed by atoms with E-state index in [1.807, 2.05) is 0 Å². The van der Waals surface area contributed by atoms with Crippen LogP contribution in [0.5, 0.6) is 0 Å². The van der Waals surface area contributed by atoms with Crippen molar-refractivity contribution < 1.29 is 18.3 Å². The van der Waals surface area contributed by atoms with Gasteiger partial charge in [0.1, 0.15) is 0 Å². The number of aliphatic carboxylic acids is 1. The highest BCUT2D eigenvalue weighted by Gasteiger charge is 2.27. The SMILES string of the molecule is CN(C1CCCCC1)S(=O)(=O)NCCC(=O)O. The van der Waals surface area contributed by atoms with Gasteiger partial charge in [0.15, 0.2) is 0 Å². The number of nitrogens with one attached hydrogen (secondary N) is 1. The van der Waals surface area contributed by atoms with Crippen LogP contribution in [0.3, 0.4) is 0 Å². The van der Waals surface area contributed by atoms with Crippen molar-refractivity contribution in [3.8, 4) is 0 Å². The number of carboxylic acids is 1. The molecule has 0 aliphatic heterocycles. The van der Waals surface area contributed by atoms with Crippen molar-refractivity contribution in [1.29, 1.82) is 0 Å². The Hall–Kier alpha value is -0.660. The number of hydrogen-bond acceptors (Lipinski definition) is 3. The second-order valence-electron chi connectivity index (χ2n) is 4.35. The summed E-state index contributed by atoms with van der Waals surface area (Å²) in [5, 5.41) is 8.45. The fourth-order valence-corrected chi connectivity index (χ4v) is 3.20. The minimum atomic E-state index is -3.54. The molecule has 0 unspecified atom stereocenters. The molecule has 0 heterocycles. The summed E-state index contributed by atoms with van der Waals surface area (Å²) in [6.07, 6.45) is 4.85. The molecule has 2 N–H and O–H groups in total. The van der Waals surface area contributed by atoms with Crippen LogP contribution in [0.1, 0.15) is 38.5 Å². The molecule has 1 rings (SSSR count). The molecule has 1 fully saturated rings. The topological polar surface area (TPSA) is 86.7 Å². The van der Waals surface area contributed by atoms with E-state index in [0.717, 1.165) is 32.1 Å². The third kappa shape index (κ3) is 4.61. The van der Waals surface area contributed by atoms with Gasteiger partial charge in [0.05, 0.1) is 6.42 Å². The smallest absolute Gasteiger partial charge is 0.304 e. The van der Waals surface area contributed by atoms with Gasteiger partial charge in [-0.1, -0.05) is 19.3 Å². The summed E-state index contributed by atoms with van der Waals surface area (Å²) in [6.45, 7) is -0.0608. The zero-order chi connectivity index (χ0) is 12.9. The summed E-state index contributed by atoms with van der Waals surface area (Å²) in [5.74, 6) is -1.01. The highest BCUT2D eigenvalue weighted by molar-refractivity contribution is 7.87. The van der Waals surface area contributed by atoms with E-state index in [9.17, 15) is 13.2 Å². The lowest BCUT2D eigenvalue weighted by atomic mass is 9.96. The van der Waals surface area contributed by atoms with Gasteiger partial charge in [0, 0.05) is 19.6 Å². The molecule has 6 nitrogen and oxygen atoms in total. The van der Waals surface area contributed by atoms with Gasteiger partial charge in [-0.25, -0.2) is 4.72 Å². The molecular formula is C10H20N2O4S. The van der Waals surface area contributed by atoms with E-state index < -0.39 is 16.2 Å². The molecule has 7 heteroatoms. The molecule has 0 saturated heterocycles. The second-order valence-corrected chi connectivity index (χ2v) is 6.17. The lowest BCUT2D eigenvalue weighted by Gasteiger charge is -2.30. The Morgan fingerprint density at radius 2 is 1.94 bits per heavy atom. The number of hydrogen-bond donors (Lipinski definition) is 2. The van der Waals surface area contributed by atoms with Gasteiger partial charge < -0.3 is 5.11 Å². The number of rotatable bonds is 6. The van der Waals surface area contributed by atoms with Crippen molar-refractivity contribution >= 4 is 16.2 Å². The summed E-state index contributed by atoms with van der Waals surface area (Å²) in [6, 6.07) is 0.0473. The van der Waals surface area contributed by atoms with Gasteiger partial charge in [0.2, 0.25) is 0 Å². The predicted octanol–water partition coefficient (Wildman–Crippen LogP) is 0.560. The molecule has 0 aromatic carbocycles. The zero-order valence-corrected chi connectivity index (χ0v) is 10.9. The molecule has 0 spiro atoms. The largest absolute Gasteiger partial charge is 0.481 e. The minimum absolute atomic E-state index is 0.0473. The Labute approximate surface area is 102 Å². The predicted molar refractivity (Wildman–Crippen MR) is 63.8 cm³/mol. The summed E-state index contributed by atoms with van der Waals surface area (Å²) in [7, 11) is -1.98. The quantitative estimate of drug-likeness (QED) is 0.734. The fourth-order valence-electron chi connectivity index (χ4n) is 2.03. The second kappa shape index (κ2) is 6.32. The minimum Gasteiger partial charge on any atom is -0.481 e. The number of carboxylic acid groups (broad SMARTS) is 1. The van der Waals surface area contributed by atoms with Gasteiger partial charge in [-0.2, -0.15) is 12.7 Å². The van der Waals surface area contributed by atoms with E-state index in [4.69, 9.17) is 5.11 Å². The molecule has 1 saturated carbocycles. The third-order valence-electron chi connectivity index (χ3n) is 3.09. The molecule has 0 bridgehead atoms. The van der Waals surface area contributed by atoms with Gasteiger partial charge >= 0.3 is 5.97 Å². The van der Waals surface area contributed by atoms with Gasteiger partial charge in [-0.15, -0.1) is 0 Å². The lowest BCUT2D eigenvalue weighted by molar-refractivity contribution is -0.136. The van der Waals surface area contributed by atoms with Crippen LogP contribution in [0.2, 0.25) is 0 Å². The van der Waals surface area contributed by atoms with Crippen LogP contribution < -0.4 is 4.72 Å². The van der Waals surface area contributed by atoms with Crippen molar-refractivity contribution in [2.24, 2.45) is 0 Å². The third-order valence-corrected chi connectivity index (χ3v) is 4.72. The summed E-state index contributed by atoms with van der Waals surface area (Å²) in [5.41, 5.74) is 0. The Bertz CT molecular complexity index is 349. The number of nitrogens with zero attached hydrogens (tertiary/aromatic N) is 1. The maximum absolute atomic E-state index is 11.8. The van der Waals surface area contributed by atoms with Crippen LogP contribution in [-0.4, -0.2) is 43.4 Å². The Morgan fingerprint density at radius 1 is 1.35 bits per heavy atom. The summed E-state index contributed by atoms with van der Waals surface area (Å²) in [4.78, 5) is 10.3. The fraction of sp³-hybridized carbons (Fsp3) is 0.900. The van der Waals surface area contributed by atoms with Crippen molar-refractivity contribution in [3.63, 3.8) is 0 Å². The van der Waals surface area contributed by atoms with E-state index >= 15 is 0 Å². The van der Waals surface area contributed by atoms with Gasteiger partial charge in [-0.3, -0.25) is 4.79 Å². The van der Waals surface area contributed by atoms with E-state index in [1.54, 1.807) is 7.05 Å². The van der Waals surface area contributed by atoms with Crippen LogP contribution in [0.25, 0.3) is 0 Å². The van der Waals surface area contributed by atoms with Gasteiger partial charge in [0.25, 0.3) is 10.2 Å². The van der Waals surface area contributed by atoms with Crippen LogP contribution >= 0.6 is 0 Å². The zero-order valence-electron chi connectivity index (χ0n) is 10.1. The maximum atomic E-state index is 11.8. The van der Waals surface area contributed by atoms with Crippen molar-refractivity contribution in [2.45, 2.75) is 44.6 Å². The van der Waals surface area contributed by atoms with Crippen LogP contribution in [0.4, 0.5) is 0 Å². The Balaban J connectivity index is 2.47. The molecule has 0 aromatic heterocycles. The molecule has 0 atom stereocenters. The van der Waals surface area contributed by atoms with Crippen molar-refractivity contribution in [2.75, 3.05) is 13.6 Å².